The molecule has 2 aromatic heterocycles. The van der Waals surface area contributed by atoms with E-state index in [0.29, 0.717) is 5.75 Å². The van der Waals surface area contributed by atoms with E-state index in [-0.39, 0.29) is 0 Å². The van der Waals surface area contributed by atoms with Crippen LogP contribution in [0, 0.1) is 6.92 Å². The van der Waals surface area contributed by atoms with Crippen molar-refractivity contribution in [1.29, 1.82) is 0 Å². The van der Waals surface area contributed by atoms with Crippen LogP contribution in [0.1, 0.15) is 16.8 Å². The average Bonchev–Trinajstić information content (AvgIpc) is 2.73. The van der Waals surface area contributed by atoms with Gasteiger partial charge in [-0.15, -0.1) is 0 Å². The van der Waals surface area contributed by atoms with Crippen LogP contribution >= 0.6 is 0 Å². The normalized spacial score (nSPS) is 10.9. The van der Waals surface area contributed by atoms with E-state index in [0.717, 1.165) is 23.3 Å². The molecule has 0 radical (unpaired) electrons. The predicted molar refractivity (Wildman–Crippen MR) is 70.8 cm³/mol. The van der Waals surface area contributed by atoms with Crippen molar-refractivity contribution in [3.8, 4) is 5.75 Å². The van der Waals surface area contributed by atoms with Crippen molar-refractivity contribution in [1.82, 2.24) is 9.38 Å². The van der Waals surface area contributed by atoms with Crippen molar-refractivity contribution in [3.05, 3.63) is 65.6 Å². The Bertz CT molecular complexity index is 701. The number of nitrogens with zero attached hydrogens (tertiary/aromatic N) is 2. The Morgan fingerprint density at radius 3 is 2.89 bits per heavy atom. The highest BCUT2D eigenvalue weighted by Crippen LogP contribution is 2.16. The molecule has 90 valence electrons. The lowest BCUT2D eigenvalue weighted by atomic mass is 10.1. The zero-order valence-corrected chi connectivity index (χ0v) is 10.2. The van der Waals surface area contributed by atoms with Crippen molar-refractivity contribution in [2.75, 3.05) is 0 Å². The number of aromatic nitrogens is 2. The standard InChI is InChI=1S/C15H14N2O/c1-11-4-3-7-17-10-13(16-15(11)17)8-12-5-2-6-14(18)9-12/h2-7,9-10,18H,8H2,1H3. The molecule has 0 saturated carbocycles. The molecule has 18 heavy (non-hydrogen) atoms. The highest BCUT2D eigenvalue weighted by Gasteiger charge is 2.04. The Morgan fingerprint density at radius 2 is 2.11 bits per heavy atom. The molecule has 0 aliphatic carbocycles. The largest absolute Gasteiger partial charge is 0.508 e. The summed E-state index contributed by atoms with van der Waals surface area (Å²) in [6.07, 6.45) is 4.77. The fraction of sp³-hybridized carbons (Fsp3) is 0.133. The van der Waals surface area contributed by atoms with Gasteiger partial charge in [-0.3, -0.25) is 0 Å². The third-order valence-corrected chi connectivity index (χ3v) is 3.02. The van der Waals surface area contributed by atoms with E-state index in [1.807, 2.05) is 35.0 Å². The summed E-state index contributed by atoms with van der Waals surface area (Å²) < 4.78 is 2.04. The number of benzene rings is 1. The summed E-state index contributed by atoms with van der Waals surface area (Å²) in [5.41, 5.74) is 4.23. The van der Waals surface area contributed by atoms with Gasteiger partial charge in [0.25, 0.3) is 0 Å². The summed E-state index contributed by atoms with van der Waals surface area (Å²) >= 11 is 0. The first-order valence-electron chi connectivity index (χ1n) is 5.93. The van der Waals surface area contributed by atoms with Gasteiger partial charge in [0.1, 0.15) is 11.4 Å². The average molecular weight is 238 g/mol. The van der Waals surface area contributed by atoms with Crippen LogP contribution in [-0.4, -0.2) is 14.5 Å². The number of aromatic hydroxyl groups is 1. The van der Waals surface area contributed by atoms with E-state index >= 15 is 0 Å². The predicted octanol–water partition coefficient (Wildman–Crippen LogP) is 2.94. The van der Waals surface area contributed by atoms with Crippen LogP contribution in [0.5, 0.6) is 5.75 Å². The van der Waals surface area contributed by atoms with Gasteiger partial charge in [-0.25, -0.2) is 4.98 Å². The van der Waals surface area contributed by atoms with E-state index in [9.17, 15) is 5.11 Å². The molecule has 1 N–H and O–H groups in total. The molecule has 0 spiro atoms. The van der Waals surface area contributed by atoms with Crippen LogP contribution in [0.4, 0.5) is 0 Å². The smallest absolute Gasteiger partial charge is 0.139 e. The molecule has 3 heteroatoms. The minimum Gasteiger partial charge on any atom is -0.508 e. The zero-order valence-electron chi connectivity index (χ0n) is 10.2. The number of pyridine rings is 1. The van der Waals surface area contributed by atoms with Crippen LogP contribution in [0.25, 0.3) is 5.65 Å². The molecule has 3 rings (SSSR count). The second-order valence-corrected chi connectivity index (χ2v) is 4.50. The van der Waals surface area contributed by atoms with Crippen LogP contribution in [0.15, 0.2) is 48.8 Å². The third-order valence-electron chi connectivity index (χ3n) is 3.02. The van der Waals surface area contributed by atoms with Gasteiger partial charge >= 0.3 is 0 Å². The minimum absolute atomic E-state index is 0.299. The highest BCUT2D eigenvalue weighted by molar-refractivity contribution is 5.48. The zero-order chi connectivity index (χ0) is 12.5. The maximum Gasteiger partial charge on any atom is 0.139 e. The molecular weight excluding hydrogens is 224 g/mol. The summed E-state index contributed by atoms with van der Waals surface area (Å²) in [5, 5.41) is 9.45. The molecule has 0 bridgehead atoms. The number of hydrogen-bond acceptors (Lipinski definition) is 2. The van der Waals surface area contributed by atoms with E-state index in [2.05, 4.69) is 18.0 Å². The van der Waals surface area contributed by atoms with Crippen LogP contribution < -0.4 is 0 Å². The Morgan fingerprint density at radius 1 is 1.22 bits per heavy atom. The van der Waals surface area contributed by atoms with E-state index in [4.69, 9.17) is 0 Å². The lowest BCUT2D eigenvalue weighted by molar-refractivity contribution is 0.474. The van der Waals surface area contributed by atoms with Crippen LogP contribution in [-0.2, 0) is 6.42 Å². The summed E-state index contributed by atoms with van der Waals surface area (Å²) in [6, 6.07) is 11.4. The molecule has 2 heterocycles. The van der Waals surface area contributed by atoms with Gasteiger partial charge in [-0.1, -0.05) is 18.2 Å². The summed E-state index contributed by atoms with van der Waals surface area (Å²) in [7, 11) is 0. The number of aryl methyl sites for hydroxylation is 1. The molecule has 0 atom stereocenters. The monoisotopic (exact) mass is 238 g/mol. The Balaban J connectivity index is 1.98. The first-order valence-corrected chi connectivity index (χ1v) is 5.93. The number of rotatable bonds is 2. The SMILES string of the molecule is Cc1cccn2cc(Cc3cccc(O)c3)nc12. The number of phenols is 1. The molecule has 0 unspecified atom stereocenters. The van der Waals surface area contributed by atoms with E-state index < -0.39 is 0 Å². The molecule has 0 aliphatic rings. The van der Waals surface area contributed by atoms with Crippen molar-refractivity contribution in [2.24, 2.45) is 0 Å². The van der Waals surface area contributed by atoms with Crippen molar-refractivity contribution >= 4 is 5.65 Å². The van der Waals surface area contributed by atoms with Gasteiger partial charge in [-0.2, -0.15) is 0 Å². The second-order valence-electron chi connectivity index (χ2n) is 4.50. The Hall–Kier alpha value is -2.29. The topological polar surface area (TPSA) is 37.5 Å². The van der Waals surface area contributed by atoms with Crippen LogP contribution in [0.3, 0.4) is 0 Å². The van der Waals surface area contributed by atoms with Gasteiger partial charge in [0, 0.05) is 18.8 Å². The lowest BCUT2D eigenvalue weighted by Crippen LogP contribution is -1.87. The molecular formula is C15H14N2O. The molecule has 0 aliphatic heterocycles. The van der Waals surface area contributed by atoms with E-state index in [1.165, 1.54) is 5.56 Å². The summed E-state index contributed by atoms with van der Waals surface area (Å²) in [4.78, 5) is 4.62. The number of imidazole rings is 1. The Kier molecular flexibility index (Phi) is 2.52. The molecule has 3 aromatic rings. The molecule has 1 aromatic carbocycles. The maximum atomic E-state index is 9.45. The molecule has 0 fully saturated rings. The minimum atomic E-state index is 0.299. The van der Waals surface area contributed by atoms with Crippen molar-refractivity contribution in [2.45, 2.75) is 13.3 Å². The van der Waals surface area contributed by atoms with Gasteiger partial charge in [0.05, 0.1) is 5.69 Å². The van der Waals surface area contributed by atoms with E-state index in [1.54, 1.807) is 12.1 Å². The quantitative estimate of drug-likeness (QED) is 0.745. The number of hydrogen-bond donors (Lipinski definition) is 1. The van der Waals surface area contributed by atoms with Gasteiger partial charge < -0.3 is 9.51 Å². The highest BCUT2D eigenvalue weighted by atomic mass is 16.3. The number of phenolic OH excluding ortho intramolecular Hbond substituents is 1. The van der Waals surface area contributed by atoms with Crippen LogP contribution in [0.2, 0.25) is 0 Å². The van der Waals surface area contributed by atoms with Gasteiger partial charge in [0.15, 0.2) is 0 Å². The van der Waals surface area contributed by atoms with Gasteiger partial charge in [-0.05, 0) is 36.2 Å². The lowest BCUT2D eigenvalue weighted by Gasteiger charge is -1.98. The molecule has 0 saturated heterocycles. The third kappa shape index (κ3) is 1.95. The van der Waals surface area contributed by atoms with Gasteiger partial charge in [0.2, 0.25) is 0 Å². The summed E-state index contributed by atoms with van der Waals surface area (Å²) in [6.45, 7) is 2.06. The fourth-order valence-electron chi connectivity index (χ4n) is 2.17. The second kappa shape index (κ2) is 4.18. The maximum absolute atomic E-state index is 9.45. The summed E-state index contributed by atoms with van der Waals surface area (Å²) in [5.74, 6) is 0.299. The molecule has 0 amide bonds. The van der Waals surface area contributed by atoms with Crippen molar-refractivity contribution < 1.29 is 5.11 Å². The van der Waals surface area contributed by atoms with Crippen molar-refractivity contribution in [3.63, 3.8) is 0 Å². The molecule has 3 nitrogen and oxygen atoms in total. The Labute approximate surface area is 105 Å². The first kappa shape index (κ1) is 10.8. The first-order chi connectivity index (χ1) is 8.72. The fourth-order valence-corrected chi connectivity index (χ4v) is 2.17. The number of fused-ring (bicyclic) bond motifs is 1.